The van der Waals surface area contributed by atoms with Gasteiger partial charge in [0.1, 0.15) is 24.9 Å². The molecule has 0 unspecified atom stereocenters. The largest absolute Gasteiger partial charge is 0.390 e. The summed E-state index contributed by atoms with van der Waals surface area (Å²) in [5, 5.41) is 18.0. The molecular weight excluding hydrogens is 401 g/mol. The molecule has 0 radical (unpaired) electrons. The van der Waals surface area contributed by atoms with Crippen molar-refractivity contribution in [2.24, 2.45) is 0 Å². The summed E-state index contributed by atoms with van der Waals surface area (Å²) >= 11 is 0. The van der Waals surface area contributed by atoms with E-state index in [0.29, 0.717) is 29.6 Å². The Bertz CT molecular complexity index is 882. The summed E-state index contributed by atoms with van der Waals surface area (Å²) in [5.74, 6) is 0.679. The summed E-state index contributed by atoms with van der Waals surface area (Å²) in [6.07, 6.45) is 6.68. The molecule has 3 heterocycles. The smallest absolute Gasteiger partial charge is 0.350 e. The molecule has 160 valence electrons. The summed E-state index contributed by atoms with van der Waals surface area (Å²) in [4.78, 5) is 26.5. The van der Waals surface area contributed by atoms with Crippen molar-refractivity contribution in [1.29, 1.82) is 0 Å². The lowest BCUT2D eigenvalue weighted by atomic mass is 9.95. The predicted molar refractivity (Wildman–Crippen MR) is 102 cm³/mol. The Kier molecular flexibility index (Phi) is 6.14. The molecule has 0 aromatic carbocycles. The van der Waals surface area contributed by atoms with E-state index in [-0.39, 0.29) is 6.61 Å². The van der Waals surface area contributed by atoms with Crippen molar-refractivity contribution >= 4 is 19.1 Å². The maximum atomic E-state index is 10.9. The molecule has 2 aromatic rings. The molecule has 0 amide bonds. The summed E-state index contributed by atoms with van der Waals surface area (Å²) in [6.45, 7) is -0.108. The Morgan fingerprint density at radius 1 is 1.28 bits per heavy atom. The van der Waals surface area contributed by atoms with Gasteiger partial charge in [-0.2, -0.15) is 5.10 Å². The molecule has 1 aliphatic carbocycles. The van der Waals surface area contributed by atoms with E-state index >= 15 is 0 Å². The number of rotatable bonds is 7. The first-order valence-corrected chi connectivity index (χ1v) is 11.6. The topological polar surface area (TPSA) is 151 Å². The number of nitrogens with one attached hydrogen (secondary N) is 1. The van der Waals surface area contributed by atoms with Gasteiger partial charge in [0, 0.05) is 12.5 Å². The van der Waals surface area contributed by atoms with Crippen LogP contribution in [0.25, 0.3) is 5.65 Å². The SMILES string of the molecule is O=P(O)(O)COC[C@H]1O[C@@H](c2cnc3c(NC4CCCCC4)ncnn23)C[C@@H]1O. The lowest BCUT2D eigenvalue weighted by molar-refractivity contribution is -0.0401. The Morgan fingerprint density at radius 3 is 2.83 bits per heavy atom. The molecule has 4 rings (SSSR count). The van der Waals surface area contributed by atoms with Crippen molar-refractivity contribution in [2.45, 2.75) is 62.9 Å². The fraction of sp³-hybridized carbons (Fsp3) is 0.706. The van der Waals surface area contributed by atoms with Gasteiger partial charge in [-0.15, -0.1) is 0 Å². The normalized spacial score (nSPS) is 26.2. The van der Waals surface area contributed by atoms with Gasteiger partial charge in [0.05, 0.1) is 24.6 Å². The molecule has 1 saturated carbocycles. The van der Waals surface area contributed by atoms with Gasteiger partial charge in [-0.05, 0) is 12.8 Å². The highest BCUT2D eigenvalue weighted by molar-refractivity contribution is 7.51. The predicted octanol–water partition coefficient (Wildman–Crippen LogP) is 1.21. The van der Waals surface area contributed by atoms with Crippen molar-refractivity contribution in [1.82, 2.24) is 19.6 Å². The lowest BCUT2D eigenvalue weighted by Gasteiger charge is -2.23. The molecule has 1 saturated heterocycles. The number of hydrogen-bond acceptors (Lipinski definition) is 8. The number of nitrogens with zero attached hydrogens (tertiary/aromatic N) is 4. The van der Waals surface area contributed by atoms with Gasteiger partial charge in [-0.1, -0.05) is 19.3 Å². The van der Waals surface area contributed by atoms with E-state index < -0.39 is 32.3 Å². The number of hydrogen-bond donors (Lipinski definition) is 4. The summed E-state index contributed by atoms with van der Waals surface area (Å²) in [5.41, 5.74) is 1.29. The number of fused-ring (bicyclic) bond motifs is 1. The monoisotopic (exact) mass is 427 g/mol. The zero-order valence-corrected chi connectivity index (χ0v) is 16.8. The van der Waals surface area contributed by atoms with Crippen molar-refractivity contribution in [3.63, 3.8) is 0 Å². The van der Waals surface area contributed by atoms with Crippen molar-refractivity contribution in [3.8, 4) is 0 Å². The second kappa shape index (κ2) is 8.63. The molecule has 4 N–H and O–H groups in total. The Labute approximate surface area is 167 Å². The van der Waals surface area contributed by atoms with Gasteiger partial charge in [-0.3, -0.25) is 4.57 Å². The van der Waals surface area contributed by atoms with E-state index in [0.717, 1.165) is 12.8 Å². The quantitative estimate of drug-likeness (QED) is 0.475. The second-order valence-corrected chi connectivity index (χ2v) is 9.22. The molecule has 1 aliphatic heterocycles. The average molecular weight is 427 g/mol. The van der Waals surface area contributed by atoms with E-state index in [1.54, 1.807) is 10.7 Å². The van der Waals surface area contributed by atoms with Crippen LogP contribution < -0.4 is 5.32 Å². The fourth-order valence-corrected chi connectivity index (χ4v) is 4.30. The molecular formula is C17H26N5O6P. The molecule has 0 bridgehead atoms. The zero-order chi connectivity index (χ0) is 20.4. The number of aliphatic hydroxyl groups excluding tert-OH is 1. The van der Waals surface area contributed by atoms with E-state index in [9.17, 15) is 9.67 Å². The van der Waals surface area contributed by atoms with E-state index in [4.69, 9.17) is 19.3 Å². The van der Waals surface area contributed by atoms with Crippen LogP contribution in [0.3, 0.4) is 0 Å². The highest BCUT2D eigenvalue weighted by atomic mass is 31.2. The van der Waals surface area contributed by atoms with Gasteiger partial charge >= 0.3 is 7.60 Å². The van der Waals surface area contributed by atoms with E-state index in [1.807, 2.05) is 0 Å². The average Bonchev–Trinajstić information content (AvgIpc) is 3.26. The van der Waals surface area contributed by atoms with Crippen LogP contribution in [-0.2, 0) is 14.0 Å². The molecule has 0 spiro atoms. The second-order valence-electron chi connectivity index (χ2n) is 7.64. The van der Waals surface area contributed by atoms with Gasteiger partial charge in [0.15, 0.2) is 11.5 Å². The Morgan fingerprint density at radius 2 is 2.07 bits per heavy atom. The van der Waals surface area contributed by atoms with Crippen LogP contribution in [0.1, 0.15) is 50.3 Å². The minimum absolute atomic E-state index is 0.108. The van der Waals surface area contributed by atoms with Crippen LogP contribution in [0.15, 0.2) is 12.5 Å². The maximum Gasteiger partial charge on any atom is 0.350 e. The minimum Gasteiger partial charge on any atom is -0.390 e. The van der Waals surface area contributed by atoms with Gasteiger partial charge in [-0.25, -0.2) is 14.5 Å². The van der Waals surface area contributed by atoms with Crippen molar-refractivity contribution < 1.29 is 28.9 Å². The zero-order valence-electron chi connectivity index (χ0n) is 15.9. The Hall–Kier alpha value is -1.62. The molecule has 2 fully saturated rings. The number of anilines is 1. The van der Waals surface area contributed by atoms with Crippen LogP contribution >= 0.6 is 7.60 Å². The number of aromatic nitrogens is 4. The lowest BCUT2D eigenvalue weighted by Crippen LogP contribution is -2.26. The van der Waals surface area contributed by atoms with Crippen molar-refractivity contribution in [2.75, 3.05) is 18.3 Å². The first kappa shape index (κ1) is 20.6. The van der Waals surface area contributed by atoms with Gasteiger partial charge in [0.25, 0.3) is 0 Å². The highest BCUT2D eigenvalue weighted by Gasteiger charge is 2.37. The first-order valence-electron chi connectivity index (χ1n) is 9.82. The van der Waals surface area contributed by atoms with Crippen LogP contribution in [0.5, 0.6) is 0 Å². The third kappa shape index (κ3) is 4.93. The molecule has 2 aromatic heterocycles. The molecule has 29 heavy (non-hydrogen) atoms. The highest BCUT2D eigenvalue weighted by Crippen LogP contribution is 2.36. The molecule has 3 atom stereocenters. The third-order valence-electron chi connectivity index (χ3n) is 5.37. The van der Waals surface area contributed by atoms with Crippen LogP contribution in [0, 0.1) is 0 Å². The number of imidazole rings is 1. The summed E-state index contributed by atoms with van der Waals surface area (Å²) in [7, 11) is -4.26. The van der Waals surface area contributed by atoms with Crippen LogP contribution in [0.2, 0.25) is 0 Å². The molecule has 11 nitrogen and oxygen atoms in total. The minimum atomic E-state index is -4.26. The number of ether oxygens (including phenoxy) is 2. The standard InChI is InChI=1S/C17H26N5O6P/c23-13-6-14(28-15(13)8-27-10-29(24,25)26)12-7-18-17-16(19-9-20-22(12)17)21-11-4-2-1-3-5-11/h7,9,11,13-15,23H,1-6,8,10H2,(H,19,20,21)(H2,24,25,26)/t13-,14+,15+/m0/s1. The van der Waals surface area contributed by atoms with Crippen molar-refractivity contribution in [3.05, 3.63) is 18.2 Å². The first-order chi connectivity index (χ1) is 13.9. The molecule has 2 aliphatic rings. The Balaban J connectivity index is 1.45. The van der Waals surface area contributed by atoms with E-state index in [2.05, 4.69) is 20.4 Å². The van der Waals surface area contributed by atoms with Crippen LogP contribution in [-0.4, -0.2) is 65.7 Å². The third-order valence-corrected chi connectivity index (χ3v) is 5.89. The summed E-state index contributed by atoms with van der Waals surface area (Å²) < 4.78 is 23.4. The fourth-order valence-electron chi connectivity index (χ4n) is 3.95. The van der Waals surface area contributed by atoms with Gasteiger partial charge < -0.3 is 29.7 Å². The maximum absolute atomic E-state index is 10.9. The van der Waals surface area contributed by atoms with Gasteiger partial charge in [0.2, 0.25) is 0 Å². The molecule has 12 heteroatoms. The number of aliphatic hydroxyl groups is 1. The summed E-state index contributed by atoms with van der Waals surface area (Å²) in [6, 6.07) is 0.378. The van der Waals surface area contributed by atoms with E-state index in [1.165, 1.54) is 25.6 Å². The van der Waals surface area contributed by atoms with Crippen LogP contribution in [0.4, 0.5) is 5.82 Å².